The van der Waals surface area contributed by atoms with E-state index in [4.69, 9.17) is 20.3 Å². The Kier molecular flexibility index (Phi) is 4.60. The minimum atomic E-state index is -0.891. The van der Waals surface area contributed by atoms with Crippen molar-refractivity contribution in [1.29, 1.82) is 0 Å². The van der Waals surface area contributed by atoms with Crippen LogP contribution in [0.5, 0.6) is 11.5 Å². The smallest absolute Gasteiger partial charge is 0.306 e. The molecule has 0 bridgehead atoms. The van der Waals surface area contributed by atoms with E-state index in [9.17, 15) is 4.79 Å². The summed E-state index contributed by atoms with van der Waals surface area (Å²) in [6.45, 7) is 0.541. The van der Waals surface area contributed by atoms with Gasteiger partial charge in [0.1, 0.15) is 0 Å². The van der Waals surface area contributed by atoms with Crippen molar-refractivity contribution in [3.05, 3.63) is 23.8 Å². The average molecular weight is 225 g/mol. The highest BCUT2D eigenvalue weighted by atomic mass is 16.5. The van der Waals surface area contributed by atoms with Crippen molar-refractivity contribution in [1.82, 2.24) is 0 Å². The zero-order chi connectivity index (χ0) is 12.0. The van der Waals surface area contributed by atoms with Crippen LogP contribution in [0.15, 0.2) is 18.2 Å². The van der Waals surface area contributed by atoms with E-state index in [1.165, 1.54) is 7.11 Å². The second-order valence-corrected chi connectivity index (χ2v) is 3.18. The van der Waals surface area contributed by atoms with Crippen LogP contribution in [-0.2, 0) is 11.3 Å². The van der Waals surface area contributed by atoms with Crippen LogP contribution in [0.3, 0.4) is 0 Å². The van der Waals surface area contributed by atoms with Crippen molar-refractivity contribution in [2.75, 3.05) is 13.7 Å². The largest absolute Gasteiger partial charge is 0.493 e. The standard InChI is InChI=1S/C11H15NO4/c1-15-10-6-8(7-12)2-3-9(10)16-5-4-11(13)14/h2-3,6H,4-5,7,12H2,1H3,(H,13,14). The molecule has 1 aromatic rings. The molecule has 0 atom stereocenters. The van der Waals surface area contributed by atoms with E-state index in [2.05, 4.69) is 0 Å². The lowest BCUT2D eigenvalue weighted by molar-refractivity contribution is -0.137. The maximum absolute atomic E-state index is 10.3. The fraction of sp³-hybridized carbons (Fsp3) is 0.364. The summed E-state index contributed by atoms with van der Waals surface area (Å²) in [6, 6.07) is 5.32. The summed E-state index contributed by atoms with van der Waals surface area (Å²) in [4.78, 5) is 10.3. The molecule has 3 N–H and O–H groups in total. The van der Waals surface area contributed by atoms with Crippen LogP contribution in [0.25, 0.3) is 0 Å². The average Bonchev–Trinajstić information content (AvgIpc) is 2.29. The lowest BCUT2D eigenvalue weighted by atomic mass is 10.2. The highest BCUT2D eigenvalue weighted by Gasteiger charge is 2.06. The summed E-state index contributed by atoms with van der Waals surface area (Å²) in [6.07, 6.45) is -0.0399. The van der Waals surface area contributed by atoms with E-state index >= 15 is 0 Å². The van der Waals surface area contributed by atoms with E-state index in [1.807, 2.05) is 6.07 Å². The number of benzene rings is 1. The van der Waals surface area contributed by atoms with Crippen molar-refractivity contribution in [3.63, 3.8) is 0 Å². The van der Waals surface area contributed by atoms with Gasteiger partial charge in [-0.15, -0.1) is 0 Å². The molecule has 1 aromatic carbocycles. The van der Waals surface area contributed by atoms with Gasteiger partial charge in [0.15, 0.2) is 11.5 Å². The molecule has 0 spiro atoms. The van der Waals surface area contributed by atoms with Gasteiger partial charge in [-0.05, 0) is 17.7 Å². The highest BCUT2D eigenvalue weighted by Crippen LogP contribution is 2.27. The highest BCUT2D eigenvalue weighted by molar-refractivity contribution is 5.66. The van der Waals surface area contributed by atoms with Gasteiger partial charge in [-0.2, -0.15) is 0 Å². The topological polar surface area (TPSA) is 81.8 Å². The van der Waals surface area contributed by atoms with Gasteiger partial charge in [0.05, 0.1) is 20.1 Å². The fourth-order valence-corrected chi connectivity index (χ4v) is 1.21. The van der Waals surface area contributed by atoms with Gasteiger partial charge < -0.3 is 20.3 Å². The van der Waals surface area contributed by atoms with Crippen LogP contribution < -0.4 is 15.2 Å². The van der Waals surface area contributed by atoms with Crippen molar-refractivity contribution in [3.8, 4) is 11.5 Å². The summed E-state index contributed by atoms with van der Waals surface area (Å²) in [7, 11) is 1.53. The third kappa shape index (κ3) is 3.43. The molecule has 0 heterocycles. The quantitative estimate of drug-likeness (QED) is 0.755. The minimum Gasteiger partial charge on any atom is -0.493 e. The van der Waals surface area contributed by atoms with Crippen LogP contribution >= 0.6 is 0 Å². The molecular weight excluding hydrogens is 210 g/mol. The molecule has 5 nitrogen and oxygen atoms in total. The molecule has 0 saturated heterocycles. The van der Waals surface area contributed by atoms with Crippen molar-refractivity contribution < 1.29 is 19.4 Å². The maximum atomic E-state index is 10.3. The Morgan fingerprint density at radius 2 is 2.19 bits per heavy atom. The molecule has 0 aliphatic rings. The molecule has 88 valence electrons. The molecule has 0 aliphatic heterocycles. The number of carbonyl (C=O) groups is 1. The summed E-state index contributed by atoms with van der Waals surface area (Å²) < 4.78 is 10.4. The number of methoxy groups -OCH3 is 1. The Morgan fingerprint density at radius 1 is 1.44 bits per heavy atom. The normalized spacial score (nSPS) is 9.88. The summed E-state index contributed by atoms with van der Waals surface area (Å²) in [5.41, 5.74) is 6.42. The minimum absolute atomic E-state index is 0.0399. The first-order valence-electron chi connectivity index (χ1n) is 4.89. The first-order valence-corrected chi connectivity index (χ1v) is 4.89. The van der Waals surface area contributed by atoms with Crippen LogP contribution in [0.1, 0.15) is 12.0 Å². The number of ether oxygens (including phenoxy) is 2. The predicted octanol–water partition coefficient (Wildman–Crippen LogP) is 1.01. The Labute approximate surface area is 93.8 Å². The van der Waals surface area contributed by atoms with Gasteiger partial charge in [0.2, 0.25) is 0 Å². The molecule has 0 aromatic heterocycles. The number of aliphatic carboxylic acids is 1. The summed E-state index contributed by atoms with van der Waals surface area (Å²) in [5.74, 6) is 0.201. The molecule has 0 amide bonds. The van der Waals surface area contributed by atoms with Crippen LogP contribution in [-0.4, -0.2) is 24.8 Å². The lowest BCUT2D eigenvalue weighted by Crippen LogP contribution is -2.06. The Balaban J connectivity index is 2.68. The van der Waals surface area contributed by atoms with Crippen molar-refractivity contribution in [2.45, 2.75) is 13.0 Å². The van der Waals surface area contributed by atoms with E-state index < -0.39 is 5.97 Å². The Bertz CT molecular complexity index is 365. The maximum Gasteiger partial charge on any atom is 0.306 e. The molecule has 0 unspecified atom stereocenters. The van der Waals surface area contributed by atoms with Crippen molar-refractivity contribution in [2.24, 2.45) is 5.73 Å². The van der Waals surface area contributed by atoms with Gasteiger partial charge in [-0.1, -0.05) is 6.07 Å². The fourth-order valence-electron chi connectivity index (χ4n) is 1.21. The van der Waals surface area contributed by atoms with Crippen LogP contribution in [0.4, 0.5) is 0 Å². The second-order valence-electron chi connectivity index (χ2n) is 3.18. The van der Waals surface area contributed by atoms with Gasteiger partial charge in [-0.3, -0.25) is 4.79 Å². The number of carboxylic acids is 1. The van der Waals surface area contributed by atoms with E-state index in [1.54, 1.807) is 12.1 Å². The molecule has 0 fully saturated rings. The first kappa shape index (κ1) is 12.3. The zero-order valence-electron chi connectivity index (χ0n) is 9.10. The van der Waals surface area contributed by atoms with Crippen molar-refractivity contribution >= 4 is 5.97 Å². The van der Waals surface area contributed by atoms with Gasteiger partial charge in [-0.25, -0.2) is 0 Å². The summed E-state index contributed by atoms with van der Waals surface area (Å²) >= 11 is 0. The number of hydrogen-bond donors (Lipinski definition) is 2. The second kappa shape index (κ2) is 5.97. The molecule has 0 saturated carbocycles. The third-order valence-electron chi connectivity index (χ3n) is 2.04. The molecule has 5 heteroatoms. The van der Waals surface area contributed by atoms with E-state index in [-0.39, 0.29) is 13.0 Å². The molecule has 1 rings (SSSR count). The number of hydrogen-bond acceptors (Lipinski definition) is 4. The monoisotopic (exact) mass is 225 g/mol. The number of carboxylic acid groups (broad SMARTS) is 1. The number of rotatable bonds is 6. The summed E-state index contributed by atoms with van der Waals surface area (Å²) in [5, 5.41) is 8.47. The van der Waals surface area contributed by atoms with Crippen LogP contribution in [0, 0.1) is 0 Å². The SMILES string of the molecule is COc1cc(CN)ccc1OCCC(=O)O. The Morgan fingerprint density at radius 3 is 2.75 bits per heavy atom. The first-order chi connectivity index (χ1) is 7.67. The third-order valence-corrected chi connectivity index (χ3v) is 2.04. The van der Waals surface area contributed by atoms with Gasteiger partial charge in [0.25, 0.3) is 0 Å². The lowest BCUT2D eigenvalue weighted by Gasteiger charge is -2.10. The molecule has 0 radical (unpaired) electrons. The number of nitrogens with two attached hydrogens (primary N) is 1. The van der Waals surface area contributed by atoms with Gasteiger partial charge >= 0.3 is 5.97 Å². The molecule has 16 heavy (non-hydrogen) atoms. The Hall–Kier alpha value is -1.75. The molecule has 0 aliphatic carbocycles. The van der Waals surface area contributed by atoms with E-state index in [0.29, 0.717) is 18.0 Å². The molecular formula is C11H15NO4. The van der Waals surface area contributed by atoms with E-state index in [0.717, 1.165) is 5.56 Å². The predicted molar refractivity (Wildman–Crippen MR) is 58.6 cm³/mol. The van der Waals surface area contributed by atoms with Crippen LogP contribution in [0.2, 0.25) is 0 Å². The van der Waals surface area contributed by atoms with Gasteiger partial charge in [0, 0.05) is 6.54 Å². The zero-order valence-corrected chi connectivity index (χ0v) is 9.10.